The van der Waals surface area contributed by atoms with Gasteiger partial charge in [-0.3, -0.25) is 0 Å². The third-order valence-electron chi connectivity index (χ3n) is 14.3. The third-order valence-corrected chi connectivity index (χ3v) is 15.5. The van der Waals surface area contributed by atoms with Gasteiger partial charge in [0.05, 0.1) is 5.69 Å². The highest BCUT2D eigenvalue weighted by Gasteiger charge is 2.50. The normalized spacial score (nSPS) is 14.7. The molecule has 0 fully saturated rings. The zero-order chi connectivity index (χ0) is 43.2. The van der Waals surface area contributed by atoms with Crippen LogP contribution < -0.4 is 20.6 Å². The molecule has 0 atom stereocenters. The van der Waals surface area contributed by atoms with Crippen molar-refractivity contribution in [1.29, 1.82) is 0 Å². The Morgan fingerprint density at radius 1 is 0.492 bits per heavy atom. The molecule has 9 aromatic rings. The number of nitrogens with zero attached hydrogens (tertiary/aromatic N) is 2. The second-order valence-corrected chi connectivity index (χ2v) is 21.6. The molecule has 1 aromatic heterocycles. The predicted octanol–water partition coefficient (Wildman–Crippen LogP) is 15.3. The lowest BCUT2D eigenvalue weighted by Gasteiger charge is -2.48. The van der Waals surface area contributed by atoms with E-state index in [1.807, 2.05) is 11.3 Å². The largest absolute Gasteiger partial charge is 0.376 e. The SMILES string of the molecule is CC(C)(C)c1ccc(N2B3c4cc5c(cc4N(c4ccc(C(C)(C)C)cc4-c4ccccc4)c4c3c(cc3c4C(C)(C)c4ccccc4-3)-c3ccccc32)sc2ccccc25)cc1. The molecular formula is C59H51BN2S. The van der Waals surface area contributed by atoms with Crippen LogP contribution in [0.25, 0.3) is 53.6 Å². The lowest BCUT2D eigenvalue weighted by Crippen LogP contribution is -2.62. The van der Waals surface area contributed by atoms with Crippen molar-refractivity contribution < 1.29 is 0 Å². The van der Waals surface area contributed by atoms with Gasteiger partial charge in [0.2, 0.25) is 0 Å². The molecule has 306 valence electrons. The second-order valence-electron chi connectivity index (χ2n) is 20.6. The van der Waals surface area contributed by atoms with E-state index in [0.29, 0.717) is 0 Å². The fourth-order valence-electron chi connectivity index (χ4n) is 11.2. The number of para-hydroxylation sites is 1. The summed E-state index contributed by atoms with van der Waals surface area (Å²) >= 11 is 1.91. The van der Waals surface area contributed by atoms with Crippen LogP contribution >= 0.6 is 11.3 Å². The zero-order valence-corrected chi connectivity index (χ0v) is 38.3. The number of benzene rings is 8. The number of thiophene rings is 1. The lowest BCUT2D eigenvalue weighted by molar-refractivity contribution is 0.590. The van der Waals surface area contributed by atoms with E-state index >= 15 is 0 Å². The standard InChI is InChI=1S/C59H51BN2S/c1-57(2,3)37-26-29-39(30-27-37)62-50-24-16-13-21-41(50)46-33-45-40-20-12-15-23-47(40)59(7,8)54(45)56-55(46)60(62)48-34-44-42-22-14-17-25-52(42)63-53(44)35-51(48)61(56)49-31-28-38(58(4,5)6)32-43(49)36-18-10-9-11-19-36/h9-35H,1-8H3. The van der Waals surface area contributed by atoms with Crippen LogP contribution in [0.4, 0.5) is 28.4 Å². The smallest absolute Gasteiger partial charge is 0.333 e. The van der Waals surface area contributed by atoms with Crippen LogP contribution in [0.1, 0.15) is 77.6 Å². The van der Waals surface area contributed by atoms with Gasteiger partial charge < -0.3 is 9.71 Å². The van der Waals surface area contributed by atoms with Crippen molar-refractivity contribution in [2.24, 2.45) is 0 Å². The highest BCUT2D eigenvalue weighted by atomic mass is 32.1. The van der Waals surface area contributed by atoms with Crippen molar-refractivity contribution in [2.45, 2.75) is 71.6 Å². The molecule has 3 heterocycles. The van der Waals surface area contributed by atoms with Gasteiger partial charge in [0.15, 0.2) is 0 Å². The van der Waals surface area contributed by atoms with Crippen LogP contribution in [-0.4, -0.2) is 6.85 Å². The van der Waals surface area contributed by atoms with Gasteiger partial charge in [-0.15, -0.1) is 11.3 Å². The molecule has 0 radical (unpaired) electrons. The van der Waals surface area contributed by atoms with E-state index in [2.05, 4.69) is 229 Å². The lowest BCUT2D eigenvalue weighted by atomic mass is 9.42. The van der Waals surface area contributed by atoms with Crippen LogP contribution in [0, 0.1) is 0 Å². The molecule has 12 rings (SSSR count). The molecule has 0 saturated carbocycles. The van der Waals surface area contributed by atoms with Gasteiger partial charge >= 0.3 is 6.85 Å². The Hall–Kier alpha value is -6.36. The van der Waals surface area contributed by atoms with Gasteiger partial charge in [-0.25, -0.2) is 0 Å². The van der Waals surface area contributed by atoms with Crippen molar-refractivity contribution in [3.63, 3.8) is 0 Å². The molecule has 2 aliphatic heterocycles. The summed E-state index contributed by atoms with van der Waals surface area (Å²) in [4.78, 5) is 5.39. The van der Waals surface area contributed by atoms with E-state index in [1.165, 1.54) is 115 Å². The van der Waals surface area contributed by atoms with Crippen LogP contribution in [0.2, 0.25) is 0 Å². The van der Waals surface area contributed by atoms with Crippen molar-refractivity contribution in [3.8, 4) is 33.4 Å². The quantitative estimate of drug-likeness (QED) is 0.164. The average molecular weight is 831 g/mol. The summed E-state index contributed by atoms with van der Waals surface area (Å²) in [6, 6.07) is 62.8. The van der Waals surface area contributed by atoms with Gasteiger partial charge in [-0.05, 0) is 115 Å². The molecule has 2 nitrogen and oxygen atoms in total. The molecule has 4 heteroatoms. The zero-order valence-electron chi connectivity index (χ0n) is 37.5. The Labute approximate surface area is 376 Å². The topological polar surface area (TPSA) is 6.48 Å². The minimum atomic E-state index is -0.271. The van der Waals surface area contributed by atoms with Crippen molar-refractivity contribution in [1.82, 2.24) is 0 Å². The van der Waals surface area contributed by atoms with Gasteiger partial charge in [0.25, 0.3) is 0 Å². The Bertz CT molecular complexity index is 3340. The molecule has 1 aliphatic carbocycles. The second kappa shape index (κ2) is 13.3. The maximum atomic E-state index is 2.71. The molecular weight excluding hydrogens is 780 g/mol. The fraction of sp³-hybridized carbons (Fsp3) is 0.186. The Morgan fingerprint density at radius 2 is 1.16 bits per heavy atom. The van der Waals surface area contributed by atoms with Crippen molar-refractivity contribution in [2.75, 3.05) is 9.71 Å². The summed E-state index contributed by atoms with van der Waals surface area (Å²) in [6.07, 6.45) is 0. The van der Waals surface area contributed by atoms with Crippen LogP contribution in [-0.2, 0) is 16.2 Å². The summed E-state index contributed by atoms with van der Waals surface area (Å²) in [5.74, 6) is 0. The number of hydrogen-bond donors (Lipinski definition) is 0. The first-order valence-corrected chi connectivity index (χ1v) is 23.4. The predicted molar refractivity (Wildman–Crippen MR) is 273 cm³/mol. The minimum Gasteiger partial charge on any atom is -0.376 e. The first-order valence-electron chi connectivity index (χ1n) is 22.5. The molecule has 0 bridgehead atoms. The number of rotatable bonds is 3. The maximum absolute atomic E-state index is 2.71. The molecule has 8 aromatic carbocycles. The third kappa shape index (κ3) is 5.56. The Morgan fingerprint density at radius 3 is 1.92 bits per heavy atom. The van der Waals surface area contributed by atoms with Gasteiger partial charge in [0, 0.05) is 59.5 Å². The summed E-state index contributed by atoms with van der Waals surface area (Å²) in [6.45, 7) is 18.7. The summed E-state index contributed by atoms with van der Waals surface area (Å²) in [5, 5.41) is 2.64. The number of fused-ring (bicyclic) bond motifs is 11. The highest BCUT2D eigenvalue weighted by molar-refractivity contribution is 7.26. The Kier molecular flexibility index (Phi) is 8.11. The van der Waals surface area contributed by atoms with Crippen LogP contribution in [0.5, 0.6) is 0 Å². The van der Waals surface area contributed by atoms with Crippen LogP contribution in [0.15, 0.2) is 164 Å². The van der Waals surface area contributed by atoms with Gasteiger partial charge in [-0.1, -0.05) is 171 Å². The molecule has 0 saturated heterocycles. The van der Waals surface area contributed by atoms with Gasteiger partial charge in [0.1, 0.15) is 0 Å². The molecule has 0 unspecified atom stereocenters. The molecule has 63 heavy (non-hydrogen) atoms. The van der Waals surface area contributed by atoms with E-state index in [4.69, 9.17) is 0 Å². The fourth-order valence-corrected chi connectivity index (χ4v) is 12.3. The van der Waals surface area contributed by atoms with E-state index in [9.17, 15) is 0 Å². The minimum absolute atomic E-state index is 0.0280. The summed E-state index contributed by atoms with van der Waals surface area (Å²) in [7, 11) is 0. The summed E-state index contributed by atoms with van der Waals surface area (Å²) in [5.41, 5.74) is 21.8. The van der Waals surface area contributed by atoms with E-state index < -0.39 is 0 Å². The van der Waals surface area contributed by atoms with Gasteiger partial charge in [-0.2, -0.15) is 0 Å². The van der Waals surface area contributed by atoms with E-state index in [-0.39, 0.29) is 23.1 Å². The molecule has 3 aliphatic rings. The molecule has 0 amide bonds. The summed E-state index contributed by atoms with van der Waals surface area (Å²) < 4.78 is 2.63. The van der Waals surface area contributed by atoms with Crippen LogP contribution in [0.3, 0.4) is 0 Å². The number of hydrogen-bond acceptors (Lipinski definition) is 3. The van der Waals surface area contributed by atoms with Crippen molar-refractivity contribution >= 4 is 77.7 Å². The average Bonchev–Trinajstić information content (AvgIpc) is 3.76. The monoisotopic (exact) mass is 830 g/mol. The molecule has 0 spiro atoms. The molecule has 0 N–H and O–H groups in total. The van der Waals surface area contributed by atoms with Crippen molar-refractivity contribution in [3.05, 3.63) is 186 Å². The first-order chi connectivity index (χ1) is 30.3. The number of anilines is 5. The Balaban J connectivity index is 1.27. The highest BCUT2D eigenvalue weighted by Crippen LogP contribution is 2.59. The first kappa shape index (κ1) is 38.3. The van der Waals surface area contributed by atoms with E-state index in [0.717, 1.165) is 0 Å². The maximum Gasteiger partial charge on any atom is 0.333 e. The van der Waals surface area contributed by atoms with E-state index in [1.54, 1.807) is 0 Å².